The maximum absolute atomic E-state index is 12.5. The van der Waals surface area contributed by atoms with Crippen LogP contribution in [0.1, 0.15) is 33.8 Å². The highest BCUT2D eigenvalue weighted by atomic mass is 16.5. The summed E-state index contributed by atoms with van der Waals surface area (Å²) in [4.78, 5) is 26.5. The Balaban J connectivity index is 1.60. The van der Waals surface area contributed by atoms with Gasteiger partial charge in [0.25, 0.3) is 11.8 Å². The highest BCUT2D eigenvalue weighted by Crippen LogP contribution is 2.32. The lowest BCUT2D eigenvalue weighted by Crippen LogP contribution is -2.64. The van der Waals surface area contributed by atoms with E-state index < -0.39 is 5.72 Å². The zero-order valence-electron chi connectivity index (χ0n) is 12.5. The van der Waals surface area contributed by atoms with Crippen LogP contribution < -0.4 is 10.1 Å². The van der Waals surface area contributed by atoms with Crippen LogP contribution in [0.4, 0.5) is 0 Å². The van der Waals surface area contributed by atoms with Crippen LogP contribution >= 0.6 is 0 Å². The van der Waals surface area contributed by atoms with Gasteiger partial charge < -0.3 is 19.4 Å². The summed E-state index contributed by atoms with van der Waals surface area (Å²) >= 11 is 0. The number of piperidine rings is 1. The molecule has 2 aliphatic heterocycles. The molecule has 1 N–H and O–H groups in total. The van der Waals surface area contributed by atoms with Crippen molar-refractivity contribution in [3.05, 3.63) is 54.0 Å². The summed E-state index contributed by atoms with van der Waals surface area (Å²) in [6.07, 6.45) is 2.88. The van der Waals surface area contributed by atoms with Crippen molar-refractivity contribution in [2.24, 2.45) is 0 Å². The van der Waals surface area contributed by atoms with Crippen LogP contribution in [0.15, 0.2) is 47.1 Å². The molecule has 6 nitrogen and oxygen atoms in total. The molecule has 1 fully saturated rings. The van der Waals surface area contributed by atoms with Gasteiger partial charge >= 0.3 is 0 Å². The first-order chi connectivity index (χ1) is 11.2. The summed E-state index contributed by atoms with van der Waals surface area (Å²) < 4.78 is 11.3. The van der Waals surface area contributed by atoms with Gasteiger partial charge in [-0.15, -0.1) is 0 Å². The van der Waals surface area contributed by atoms with Crippen molar-refractivity contribution < 1.29 is 18.7 Å². The molecule has 118 valence electrons. The quantitative estimate of drug-likeness (QED) is 0.874. The Morgan fingerprint density at radius 2 is 2.09 bits per heavy atom. The fourth-order valence-corrected chi connectivity index (χ4v) is 3.19. The van der Waals surface area contributed by atoms with E-state index in [2.05, 4.69) is 5.32 Å². The molecule has 4 rings (SSSR count). The second-order valence-corrected chi connectivity index (χ2v) is 5.85. The van der Waals surface area contributed by atoms with E-state index in [1.165, 1.54) is 6.26 Å². The van der Waals surface area contributed by atoms with E-state index in [9.17, 15) is 9.59 Å². The number of hydrogen-bond acceptors (Lipinski definition) is 4. The van der Waals surface area contributed by atoms with Gasteiger partial charge in [0.05, 0.1) is 18.4 Å². The summed E-state index contributed by atoms with van der Waals surface area (Å²) in [6.45, 7) is 0.911. The first-order valence-corrected chi connectivity index (χ1v) is 7.60. The molecular weight excluding hydrogens is 296 g/mol. The van der Waals surface area contributed by atoms with Crippen LogP contribution in [-0.2, 0) is 0 Å². The number of benzene rings is 1. The highest BCUT2D eigenvalue weighted by Gasteiger charge is 2.44. The summed E-state index contributed by atoms with van der Waals surface area (Å²) in [7, 11) is 0. The Morgan fingerprint density at radius 1 is 1.22 bits per heavy atom. The topological polar surface area (TPSA) is 71.8 Å². The third-order valence-electron chi connectivity index (χ3n) is 4.25. The fourth-order valence-electron chi connectivity index (χ4n) is 3.19. The number of nitrogens with one attached hydrogen (secondary N) is 1. The minimum Gasteiger partial charge on any atom is -0.465 e. The first kappa shape index (κ1) is 13.9. The van der Waals surface area contributed by atoms with E-state index in [4.69, 9.17) is 9.15 Å². The van der Waals surface area contributed by atoms with E-state index in [0.29, 0.717) is 36.6 Å². The third-order valence-corrected chi connectivity index (χ3v) is 4.25. The molecule has 1 atom stereocenters. The molecular formula is C17H16N2O4. The second kappa shape index (κ2) is 5.15. The number of fused-ring (bicyclic) bond motifs is 1. The van der Waals surface area contributed by atoms with Gasteiger partial charge in [-0.05, 0) is 30.7 Å². The fraction of sp³-hybridized carbons (Fsp3) is 0.294. The number of carbonyl (C=O) groups excluding carboxylic acids is 2. The van der Waals surface area contributed by atoms with Gasteiger partial charge in [0.15, 0.2) is 5.76 Å². The number of hydrogen-bond donors (Lipinski definition) is 1. The second-order valence-electron chi connectivity index (χ2n) is 5.85. The number of carbonyl (C=O) groups is 2. The van der Waals surface area contributed by atoms with Crippen LogP contribution in [-0.4, -0.2) is 35.5 Å². The molecule has 2 aromatic rings. The van der Waals surface area contributed by atoms with E-state index in [1.54, 1.807) is 35.2 Å². The monoisotopic (exact) mass is 312 g/mol. The van der Waals surface area contributed by atoms with E-state index in [0.717, 1.165) is 6.42 Å². The minimum atomic E-state index is -0.869. The number of amides is 2. The standard InChI is InChI=1S/C17H16N2O4/c20-15-12-5-1-2-6-13(12)23-17(18-15)8-4-9-19(11-17)16(21)14-7-3-10-22-14/h1-3,5-7,10H,4,8-9,11H2,(H,18,20)/t17-/m0/s1. The Morgan fingerprint density at radius 3 is 2.91 bits per heavy atom. The van der Waals surface area contributed by atoms with Crippen LogP contribution in [0, 0.1) is 0 Å². The molecule has 6 heteroatoms. The normalized spacial score (nSPS) is 23.1. The molecule has 0 radical (unpaired) electrons. The van der Waals surface area contributed by atoms with Crippen molar-refractivity contribution in [3.8, 4) is 5.75 Å². The van der Waals surface area contributed by atoms with Gasteiger partial charge in [0.1, 0.15) is 5.75 Å². The van der Waals surface area contributed by atoms with Crippen LogP contribution in [0.5, 0.6) is 5.75 Å². The van der Waals surface area contributed by atoms with Crippen LogP contribution in [0.2, 0.25) is 0 Å². The van der Waals surface area contributed by atoms with Crippen LogP contribution in [0.3, 0.4) is 0 Å². The Hall–Kier alpha value is -2.76. The lowest BCUT2D eigenvalue weighted by molar-refractivity contribution is -0.0320. The van der Waals surface area contributed by atoms with Gasteiger partial charge in [-0.2, -0.15) is 0 Å². The Kier molecular flexibility index (Phi) is 3.11. The summed E-state index contributed by atoms with van der Waals surface area (Å²) in [5, 5.41) is 2.93. The molecule has 1 saturated heterocycles. The molecule has 1 spiro atoms. The molecule has 2 amide bonds. The SMILES string of the molecule is O=C1N[C@@]2(CCCN(C(=O)c3ccco3)C2)Oc2ccccc21. The summed E-state index contributed by atoms with van der Waals surface area (Å²) in [6, 6.07) is 10.5. The maximum Gasteiger partial charge on any atom is 0.289 e. The average Bonchev–Trinajstić information content (AvgIpc) is 3.08. The molecule has 0 saturated carbocycles. The zero-order valence-corrected chi connectivity index (χ0v) is 12.5. The van der Waals surface area contributed by atoms with Gasteiger partial charge in [-0.25, -0.2) is 0 Å². The van der Waals surface area contributed by atoms with E-state index in [1.807, 2.05) is 6.07 Å². The number of para-hydroxylation sites is 1. The Bertz CT molecular complexity index is 756. The molecule has 1 aromatic heterocycles. The van der Waals surface area contributed by atoms with Crippen molar-refractivity contribution >= 4 is 11.8 Å². The van der Waals surface area contributed by atoms with Gasteiger partial charge in [-0.1, -0.05) is 12.1 Å². The molecule has 3 heterocycles. The van der Waals surface area contributed by atoms with Crippen molar-refractivity contribution in [1.82, 2.24) is 10.2 Å². The van der Waals surface area contributed by atoms with Crippen LogP contribution in [0.25, 0.3) is 0 Å². The third kappa shape index (κ3) is 2.36. The average molecular weight is 312 g/mol. The lowest BCUT2D eigenvalue weighted by atomic mass is 9.97. The molecule has 2 aliphatic rings. The van der Waals surface area contributed by atoms with Crippen molar-refractivity contribution in [1.29, 1.82) is 0 Å². The van der Waals surface area contributed by atoms with Gasteiger partial charge in [0.2, 0.25) is 5.72 Å². The first-order valence-electron chi connectivity index (χ1n) is 7.60. The lowest BCUT2D eigenvalue weighted by Gasteiger charge is -2.45. The van der Waals surface area contributed by atoms with E-state index in [-0.39, 0.29) is 11.8 Å². The number of rotatable bonds is 1. The molecule has 1 aromatic carbocycles. The summed E-state index contributed by atoms with van der Waals surface area (Å²) in [5.41, 5.74) is -0.348. The highest BCUT2D eigenvalue weighted by molar-refractivity contribution is 5.98. The van der Waals surface area contributed by atoms with Crippen molar-refractivity contribution in [2.75, 3.05) is 13.1 Å². The molecule has 0 unspecified atom stereocenters. The molecule has 0 bridgehead atoms. The predicted octanol–water partition coefficient (Wildman–Crippen LogP) is 2.03. The molecule has 0 aliphatic carbocycles. The zero-order chi connectivity index (χ0) is 15.9. The number of nitrogens with zero attached hydrogens (tertiary/aromatic N) is 1. The van der Waals surface area contributed by atoms with Crippen molar-refractivity contribution in [3.63, 3.8) is 0 Å². The van der Waals surface area contributed by atoms with Gasteiger partial charge in [0, 0.05) is 13.0 Å². The van der Waals surface area contributed by atoms with Gasteiger partial charge in [-0.3, -0.25) is 9.59 Å². The number of ether oxygens (including phenoxy) is 1. The summed E-state index contributed by atoms with van der Waals surface area (Å²) in [5.74, 6) is 0.498. The number of likely N-dealkylation sites (tertiary alicyclic amines) is 1. The van der Waals surface area contributed by atoms with Crippen molar-refractivity contribution in [2.45, 2.75) is 18.6 Å². The smallest absolute Gasteiger partial charge is 0.289 e. The van der Waals surface area contributed by atoms with E-state index >= 15 is 0 Å². The number of furan rings is 1. The minimum absolute atomic E-state index is 0.167. The maximum atomic E-state index is 12.5. The predicted molar refractivity (Wildman–Crippen MR) is 81.1 cm³/mol. The molecule has 23 heavy (non-hydrogen) atoms. The largest absolute Gasteiger partial charge is 0.465 e. The Labute approximate surface area is 133 Å².